The van der Waals surface area contributed by atoms with Gasteiger partial charge >= 0.3 is 0 Å². The average molecular weight is 291 g/mol. The lowest BCUT2D eigenvalue weighted by Crippen LogP contribution is -2.25. The first-order chi connectivity index (χ1) is 10.2. The van der Waals surface area contributed by atoms with Crippen LogP contribution in [0.5, 0.6) is 5.75 Å². The Morgan fingerprint density at radius 2 is 2.19 bits per heavy atom. The zero-order valence-corrected chi connectivity index (χ0v) is 12.3. The van der Waals surface area contributed by atoms with E-state index in [1.54, 1.807) is 19.4 Å². The molecule has 2 N–H and O–H groups in total. The molecule has 1 atom stereocenters. The number of hydrogen-bond donors (Lipinski definition) is 2. The first kappa shape index (κ1) is 15.4. The average Bonchev–Trinajstić information content (AvgIpc) is 2.98. The minimum absolute atomic E-state index is 0.238. The Hall–Kier alpha value is -1.98. The minimum atomic E-state index is -0.606. The van der Waals surface area contributed by atoms with Gasteiger partial charge < -0.3 is 24.3 Å². The molecule has 0 aliphatic rings. The van der Waals surface area contributed by atoms with E-state index in [0.717, 1.165) is 22.8 Å². The summed E-state index contributed by atoms with van der Waals surface area (Å²) in [6.07, 6.45) is 0.992. The molecule has 2 rings (SSSR count). The summed E-state index contributed by atoms with van der Waals surface area (Å²) >= 11 is 0. The van der Waals surface area contributed by atoms with E-state index in [1.807, 2.05) is 31.2 Å². The molecule has 2 aromatic rings. The normalized spacial score (nSPS) is 12.1. The lowest BCUT2D eigenvalue weighted by atomic mass is 10.2. The fourth-order valence-electron chi connectivity index (χ4n) is 1.94. The highest BCUT2D eigenvalue weighted by molar-refractivity contribution is 5.58. The van der Waals surface area contributed by atoms with Gasteiger partial charge in [0.25, 0.3) is 0 Å². The van der Waals surface area contributed by atoms with Gasteiger partial charge in [-0.05, 0) is 36.8 Å². The molecule has 0 aliphatic heterocycles. The minimum Gasteiger partial charge on any atom is -0.495 e. The highest BCUT2D eigenvalue weighted by atomic mass is 16.5. The van der Waals surface area contributed by atoms with E-state index in [4.69, 9.17) is 13.9 Å². The Kier molecular flexibility index (Phi) is 5.66. The second-order valence-corrected chi connectivity index (χ2v) is 4.83. The monoisotopic (exact) mass is 291 g/mol. The second-order valence-electron chi connectivity index (χ2n) is 4.83. The molecule has 0 bridgehead atoms. The number of anilines is 1. The third-order valence-electron chi connectivity index (χ3n) is 3.02. The van der Waals surface area contributed by atoms with Gasteiger partial charge in [0.1, 0.15) is 18.1 Å². The Labute approximate surface area is 124 Å². The molecule has 1 aromatic heterocycles. The highest BCUT2D eigenvalue weighted by Gasteiger charge is 2.08. The molecule has 5 nitrogen and oxygen atoms in total. The number of furan rings is 1. The standard InChI is InChI=1S/C16H21NO4/c1-12-5-6-16(19-2)15(8-12)17-9-13(18)10-20-11-14-4-3-7-21-14/h3-8,13,17-18H,9-11H2,1-2H3. The third-order valence-corrected chi connectivity index (χ3v) is 3.02. The van der Waals surface area contributed by atoms with Crippen molar-refractivity contribution in [2.45, 2.75) is 19.6 Å². The largest absolute Gasteiger partial charge is 0.495 e. The van der Waals surface area contributed by atoms with Crippen LogP contribution in [-0.2, 0) is 11.3 Å². The number of rotatable bonds is 8. The van der Waals surface area contributed by atoms with Crippen molar-refractivity contribution >= 4 is 5.69 Å². The van der Waals surface area contributed by atoms with Crippen LogP contribution in [0.2, 0.25) is 0 Å². The first-order valence-electron chi connectivity index (χ1n) is 6.85. The van der Waals surface area contributed by atoms with Crippen molar-refractivity contribution in [2.75, 3.05) is 25.6 Å². The summed E-state index contributed by atoms with van der Waals surface area (Å²) in [6.45, 7) is 2.99. The lowest BCUT2D eigenvalue weighted by Gasteiger charge is -2.15. The molecule has 114 valence electrons. The number of aryl methyl sites for hydroxylation is 1. The van der Waals surface area contributed by atoms with Gasteiger partial charge in [0.2, 0.25) is 0 Å². The lowest BCUT2D eigenvalue weighted by molar-refractivity contribution is 0.0282. The van der Waals surface area contributed by atoms with Gasteiger partial charge in [-0.1, -0.05) is 6.07 Å². The Morgan fingerprint density at radius 3 is 2.90 bits per heavy atom. The van der Waals surface area contributed by atoms with Crippen molar-refractivity contribution in [3.8, 4) is 5.75 Å². The van der Waals surface area contributed by atoms with Crippen LogP contribution in [0.15, 0.2) is 41.0 Å². The third kappa shape index (κ3) is 4.81. The van der Waals surface area contributed by atoms with Gasteiger partial charge in [-0.15, -0.1) is 0 Å². The molecule has 1 heterocycles. The topological polar surface area (TPSA) is 63.9 Å². The summed E-state index contributed by atoms with van der Waals surface area (Å²) in [4.78, 5) is 0. The summed E-state index contributed by atoms with van der Waals surface area (Å²) in [5, 5.41) is 13.1. The molecule has 1 unspecified atom stereocenters. The predicted molar refractivity (Wildman–Crippen MR) is 80.6 cm³/mol. The molecule has 0 aliphatic carbocycles. The highest BCUT2D eigenvalue weighted by Crippen LogP contribution is 2.24. The van der Waals surface area contributed by atoms with Crippen LogP contribution in [0.25, 0.3) is 0 Å². The molecule has 5 heteroatoms. The maximum absolute atomic E-state index is 9.91. The van der Waals surface area contributed by atoms with Crippen LogP contribution >= 0.6 is 0 Å². The molecule has 0 spiro atoms. The van der Waals surface area contributed by atoms with E-state index in [0.29, 0.717) is 13.2 Å². The molecule has 0 amide bonds. The van der Waals surface area contributed by atoms with Gasteiger partial charge in [0, 0.05) is 6.54 Å². The molecule has 0 fully saturated rings. The Bertz CT molecular complexity index is 539. The quantitative estimate of drug-likeness (QED) is 0.782. The van der Waals surface area contributed by atoms with Crippen LogP contribution in [0.3, 0.4) is 0 Å². The molecule has 1 aromatic carbocycles. The number of ether oxygens (including phenoxy) is 2. The fourth-order valence-corrected chi connectivity index (χ4v) is 1.94. The molecule has 0 radical (unpaired) electrons. The maximum atomic E-state index is 9.91. The zero-order chi connectivity index (χ0) is 15.1. The van der Waals surface area contributed by atoms with Gasteiger partial charge in [0.05, 0.1) is 31.8 Å². The predicted octanol–water partition coefficient (Wildman–Crippen LogP) is 2.59. The van der Waals surface area contributed by atoms with E-state index in [1.165, 1.54) is 0 Å². The molecular weight excluding hydrogens is 270 g/mol. The van der Waals surface area contributed by atoms with E-state index in [2.05, 4.69) is 5.32 Å². The molecule has 0 saturated carbocycles. The summed E-state index contributed by atoms with van der Waals surface area (Å²) < 4.78 is 15.8. The smallest absolute Gasteiger partial charge is 0.141 e. The number of benzene rings is 1. The summed E-state index contributed by atoms with van der Waals surface area (Å²) in [6, 6.07) is 9.50. The summed E-state index contributed by atoms with van der Waals surface area (Å²) in [5.74, 6) is 1.50. The van der Waals surface area contributed by atoms with Gasteiger partial charge in [-0.25, -0.2) is 0 Å². The van der Waals surface area contributed by atoms with Crippen molar-refractivity contribution in [3.63, 3.8) is 0 Å². The van der Waals surface area contributed by atoms with Crippen LogP contribution < -0.4 is 10.1 Å². The summed E-state index contributed by atoms with van der Waals surface area (Å²) in [7, 11) is 1.62. The summed E-state index contributed by atoms with van der Waals surface area (Å²) in [5.41, 5.74) is 1.99. The van der Waals surface area contributed by atoms with Crippen LogP contribution in [0.4, 0.5) is 5.69 Å². The van der Waals surface area contributed by atoms with Crippen molar-refractivity contribution in [1.82, 2.24) is 0 Å². The van der Waals surface area contributed by atoms with Crippen molar-refractivity contribution in [1.29, 1.82) is 0 Å². The SMILES string of the molecule is COc1ccc(C)cc1NCC(O)COCc1ccco1. The van der Waals surface area contributed by atoms with E-state index < -0.39 is 6.10 Å². The number of aliphatic hydroxyl groups is 1. The first-order valence-corrected chi connectivity index (χ1v) is 6.85. The Morgan fingerprint density at radius 1 is 1.33 bits per heavy atom. The fraction of sp³-hybridized carbons (Fsp3) is 0.375. The van der Waals surface area contributed by atoms with Gasteiger partial charge in [-0.3, -0.25) is 0 Å². The van der Waals surface area contributed by atoms with Crippen LogP contribution in [0, 0.1) is 6.92 Å². The van der Waals surface area contributed by atoms with E-state index >= 15 is 0 Å². The van der Waals surface area contributed by atoms with Crippen LogP contribution in [-0.4, -0.2) is 31.5 Å². The number of methoxy groups -OCH3 is 1. The van der Waals surface area contributed by atoms with Crippen molar-refractivity contribution in [3.05, 3.63) is 47.9 Å². The molecule has 0 saturated heterocycles. The van der Waals surface area contributed by atoms with Crippen molar-refractivity contribution in [2.24, 2.45) is 0 Å². The van der Waals surface area contributed by atoms with E-state index in [-0.39, 0.29) is 6.61 Å². The maximum Gasteiger partial charge on any atom is 0.141 e. The Balaban J connectivity index is 1.75. The molecular formula is C16H21NO4. The molecule has 21 heavy (non-hydrogen) atoms. The van der Waals surface area contributed by atoms with Crippen molar-refractivity contribution < 1.29 is 19.0 Å². The van der Waals surface area contributed by atoms with Gasteiger partial charge in [-0.2, -0.15) is 0 Å². The number of aliphatic hydroxyl groups excluding tert-OH is 1. The van der Waals surface area contributed by atoms with Crippen LogP contribution in [0.1, 0.15) is 11.3 Å². The number of nitrogens with one attached hydrogen (secondary N) is 1. The number of hydrogen-bond acceptors (Lipinski definition) is 5. The van der Waals surface area contributed by atoms with Gasteiger partial charge in [0.15, 0.2) is 0 Å². The second kappa shape index (κ2) is 7.71. The van der Waals surface area contributed by atoms with E-state index in [9.17, 15) is 5.11 Å². The zero-order valence-electron chi connectivity index (χ0n) is 12.3.